The summed E-state index contributed by atoms with van der Waals surface area (Å²) < 4.78 is 15.4. The number of aliphatic hydroxyl groups excluding tert-OH is 8. The molecular weight excluding hydrogens is 392 g/mol. The quantitative estimate of drug-likeness (QED) is 0.197. The molecule has 0 amide bonds. The normalized spacial score (nSPS) is 47.0. The van der Waals surface area contributed by atoms with Gasteiger partial charge in [0.2, 0.25) is 5.79 Å². The second kappa shape index (κ2) is 9.82. The van der Waals surface area contributed by atoms with Crippen molar-refractivity contribution in [3.8, 4) is 0 Å². The monoisotopic (exact) mass is 416 g/mol. The molecule has 0 unspecified atom stereocenters. The molecule has 25 heavy (non-hydrogen) atoms. The van der Waals surface area contributed by atoms with E-state index < -0.39 is 74.6 Å². The van der Waals surface area contributed by atoms with Gasteiger partial charge in [0.1, 0.15) is 49.3 Å². The summed E-state index contributed by atoms with van der Waals surface area (Å²) in [5, 5.41) is 76.7. The largest absolute Gasteiger partial charge is 0.412 e. The summed E-state index contributed by atoms with van der Waals surface area (Å²) in [4.78, 5) is 0. The van der Waals surface area contributed by atoms with Crippen LogP contribution >= 0.6 is 0 Å². The fourth-order valence-corrected chi connectivity index (χ4v) is 2.63. The Labute approximate surface area is 153 Å². The molecular formula is C12H24FeO12. The van der Waals surface area contributed by atoms with Gasteiger partial charge in [-0.05, 0) is 0 Å². The van der Waals surface area contributed by atoms with E-state index in [1.807, 2.05) is 0 Å². The van der Waals surface area contributed by atoms with Crippen molar-refractivity contribution in [1.29, 1.82) is 0 Å². The van der Waals surface area contributed by atoms with E-state index >= 15 is 0 Å². The first-order valence-corrected chi connectivity index (χ1v) is 7.05. The number of rotatable bonds is 5. The third-order valence-electron chi connectivity index (χ3n) is 4.07. The van der Waals surface area contributed by atoms with E-state index in [-0.39, 0.29) is 22.5 Å². The molecule has 0 aromatic rings. The summed E-state index contributed by atoms with van der Waals surface area (Å²) in [6.45, 7) is -2.32. The molecule has 13 heteroatoms. The Balaban J connectivity index is 0.00000288. The van der Waals surface area contributed by atoms with Crippen molar-refractivity contribution in [1.82, 2.24) is 0 Å². The topological polar surface area (TPSA) is 221 Å². The Morgan fingerprint density at radius 2 is 1.36 bits per heavy atom. The summed E-state index contributed by atoms with van der Waals surface area (Å²) in [7, 11) is 0. The zero-order chi connectivity index (χ0) is 17.4. The third kappa shape index (κ3) is 4.48. The van der Waals surface area contributed by atoms with Crippen LogP contribution in [0.5, 0.6) is 0 Å². The Bertz CT molecular complexity index is 400. The van der Waals surface area contributed by atoms with Gasteiger partial charge in [0, 0.05) is 17.1 Å². The number of aliphatic hydroxyl groups is 8. The van der Waals surface area contributed by atoms with Gasteiger partial charge in [-0.2, -0.15) is 0 Å². The zero-order valence-electron chi connectivity index (χ0n) is 12.9. The Hall–Kier alpha value is 0.0395. The first-order chi connectivity index (χ1) is 10.8. The molecule has 0 bridgehead atoms. The average molecular weight is 416 g/mol. The van der Waals surface area contributed by atoms with Crippen LogP contribution in [0.15, 0.2) is 0 Å². The maximum Gasteiger partial charge on any atom is 0.224 e. The van der Waals surface area contributed by atoms with Crippen LogP contribution in [-0.4, -0.2) is 121 Å². The van der Waals surface area contributed by atoms with E-state index in [0.29, 0.717) is 0 Å². The molecule has 0 aromatic carbocycles. The van der Waals surface area contributed by atoms with Crippen molar-refractivity contribution in [3.05, 3.63) is 0 Å². The van der Waals surface area contributed by atoms with Gasteiger partial charge in [-0.1, -0.05) is 0 Å². The molecule has 0 spiro atoms. The molecule has 0 aromatic heterocycles. The Morgan fingerprint density at radius 1 is 0.800 bits per heavy atom. The summed E-state index contributed by atoms with van der Waals surface area (Å²) in [5.74, 6) is -2.22. The summed E-state index contributed by atoms with van der Waals surface area (Å²) in [6.07, 6.45) is -12.7. The van der Waals surface area contributed by atoms with E-state index in [9.17, 15) is 30.6 Å². The van der Waals surface area contributed by atoms with Gasteiger partial charge in [0.25, 0.3) is 0 Å². The van der Waals surface area contributed by atoms with Crippen LogP contribution in [0, 0.1) is 0 Å². The summed E-state index contributed by atoms with van der Waals surface area (Å²) >= 11 is 0. The summed E-state index contributed by atoms with van der Waals surface area (Å²) in [5.41, 5.74) is 0. The molecule has 152 valence electrons. The van der Waals surface area contributed by atoms with E-state index in [1.165, 1.54) is 0 Å². The van der Waals surface area contributed by atoms with Crippen LogP contribution in [0.25, 0.3) is 0 Å². The predicted molar refractivity (Wildman–Crippen MR) is 72.3 cm³/mol. The van der Waals surface area contributed by atoms with Crippen molar-refractivity contribution in [3.63, 3.8) is 0 Å². The Morgan fingerprint density at radius 3 is 1.80 bits per heavy atom. The molecule has 0 aliphatic carbocycles. The van der Waals surface area contributed by atoms with E-state index in [2.05, 4.69) is 0 Å². The molecule has 2 aliphatic heterocycles. The maximum atomic E-state index is 10.00. The van der Waals surface area contributed by atoms with Crippen molar-refractivity contribution in [2.75, 3.05) is 19.8 Å². The van der Waals surface area contributed by atoms with Crippen LogP contribution in [0.4, 0.5) is 0 Å². The Kier molecular flexibility index (Phi) is 9.84. The molecule has 2 fully saturated rings. The first kappa shape index (κ1) is 25.0. The number of hydrogen-bond donors (Lipinski definition) is 8. The van der Waals surface area contributed by atoms with Crippen molar-refractivity contribution in [2.45, 2.75) is 54.8 Å². The van der Waals surface area contributed by atoms with E-state index in [4.69, 9.17) is 24.4 Å². The molecule has 10 N–H and O–H groups in total. The smallest absolute Gasteiger partial charge is 0.224 e. The molecule has 2 saturated heterocycles. The third-order valence-corrected chi connectivity index (χ3v) is 4.07. The van der Waals surface area contributed by atoms with E-state index in [0.717, 1.165) is 0 Å². The zero-order valence-corrected chi connectivity index (χ0v) is 14.0. The minimum absolute atomic E-state index is 0. The number of ether oxygens (including phenoxy) is 3. The predicted octanol–water partition coefficient (Wildman–Crippen LogP) is -6.22. The van der Waals surface area contributed by atoms with Gasteiger partial charge in [0.05, 0.1) is 13.2 Å². The standard InChI is InChI=1S/C12H22O11.Fe.H2O/c13-1-4-6(16)8(18)9(19)11(21-4)23-12(3-15)10(20)7(17)5(2-14)22-12;;/h4-11,13-20H,1-3H2;;1H2/t4-,5-,6-,7-,8+,9-,10+,11-,12+;;/m1../s1. The fourth-order valence-electron chi connectivity index (χ4n) is 2.63. The van der Waals surface area contributed by atoms with Gasteiger partial charge >= 0.3 is 0 Å². The minimum Gasteiger partial charge on any atom is -0.412 e. The SMILES string of the molecule is O.OC[C@H]1O[C@@](CO)(O[C@H]2O[C@H](CO)[C@@H](O)[C@H](O)[C@H]2O)[C@@H](O)[C@@H]1O.[Fe]. The molecule has 2 rings (SSSR count). The second-order valence-electron chi connectivity index (χ2n) is 5.56. The van der Waals surface area contributed by atoms with E-state index in [1.54, 1.807) is 0 Å². The van der Waals surface area contributed by atoms with Gasteiger partial charge in [-0.15, -0.1) is 0 Å². The van der Waals surface area contributed by atoms with Gasteiger partial charge < -0.3 is 60.5 Å². The molecule has 0 radical (unpaired) electrons. The van der Waals surface area contributed by atoms with Crippen LogP contribution in [0.3, 0.4) is 0 Å². The average Bonchev–Trinajstić information content (AvgIpc) is 2.80. The number of hydrogen-bond acceptors (Lipinski definition) is 11. The van der Waals surface area contributed by atoms with Crippen LogP contribution < -0.4 is 0 Å². The molecule has 2 heterocycles. The van der Waals surface area contributed by atoms with Crippen LogP contribution in [0.1, 0.15) is 0 Å². The summed E-state index contributed by atoms with van der Waals surface area (Å²) in [6, 6.07) is 0. The van der Waals surface area contributed by atoms with Crippen molar-refractivity contribution in [2.24, 2.45) is 0 Å². The first-order valence-electron chi connectivity index (χ1n) is 7.05. The molecule has 12 nitrogen and oxygen atoms in total. The van der Waals surface area contributed by atoms with Crippen molar-refractivity contribution >= 4 is 0 Å². The maximum absolute atomic E-state index is 10.00. The molecule has 0 saturated carbocycles. The molecule has 2 aliphatic rings. The van der Waals surface area contributed by atoms with Crippen molar-refractivity contribution < 1.29 is 77.6 Å². The van der Waals surface area contributed by atoms with Crippen LogP contribution in [-0.2, 0) is 31.3 Å². The minimum atomic E-state index is -2.22. The van der Waals surface area contributed by atoms with Gasteiger partial charge in [-0.25, -0.2) is 0 Å². The van der Waals surface area contributed by atoms with Gasteiger partial charge in [-0.3, -0.25) is 0 Å². The van der Waals surface area contributed by atoms with Gasteiger partial charge in [0.15, 0.2) is 6.29 Å². The van der Waals surface area contributed by atoms with Crippen LogP contribution in [0.2, 0.25) is 0 Å². The molecule has 9 atom stereocenters. The second-order valence-corrected chi connectivity index (χ2v) is 5.56. The fraction of sp³-hybridized carbons (Fsp3) is 1.00.